The lowest BCUT2D eigenvalue weighted by molar-refractivity contribution is 0.0922. The summed E-state index contributed by atoms with van der Waals surface area (Å²) in [6.45, 7) is 13.1. The molecule has 18 heavy (non-hydrogen) atoms. The van der Waals surface area contributed by atoms with Gasteiger partial charge in [-0.2, -0.15) is 0 Å². The molecule has 1 atom stereocenters. The molecule has 0 bridgehead atoms. The Labute approximate surface area is 111 Å². The van der Waals surface area contributed by atoms with Crippen molar-refractivity contribution in [2.24, 2.45) is 5.41 Å². The number of carbonyl (C=O) groups is 1. The third kappa shape index (κ3) is 4.05. The van der Waals surface area contributed by atoms with Crippen LogP contribution in [0.15, 0.2) is 11.8 Å². The number of carboxylic acid groups (broad SMARTS) is 1. The van der Waals surface area contributed by atoms with E-state index in [9.17, 15) is 9.90 Å². The second-order valence-corrected chi connectivity index (χ2v) is 11.3. The minimum Gasteiger partial charge on any atom is -0.547 e. The molecule has 4 nitrogen and oxygen atoms in total. The summed E-state index contributed by atoms with van der Waals surface area (Å²) in [6.07, 6.45) is 1.83. The highest BCUT2D eigenvalue weighted by molar-refractivity contribution is 6.70. The molecule has 1 rings (SSSR count). The van der Waals surface area contributed by atoms with Crippen molar-refractivity contribution in [3.8, 4) is 0 Å². The van der Waals surface area contributed by atoms with Crippen molar-refractivity contribution in [3.63, 3.8) is 0 Å². The first kappa shape index (κ1) is 15.1. The van der Waals surface area contributed by atoms with Crippen molar-refractivity contribution < 1.29 is 14.3 Å². The predicted octanol–water partition coefficient (Wildman–Crippen LogP) is 3.52. The Morgan fingerprint density at radius 1 is 1.44 bits per heavy atom. The van der Waals surface area contributed by atoms with E-state index < -0.39 is 14.4 Å². The summed E-state index contributed by atoms with van der Waals surface area (Å²) in [4.78, 5) is 12.8. The predicted molar refractivity (Wildman–Crippen MR) is 75.1 cm³/mol. The third-order valence-electron chi connectivity index (χ3n) is 2.85. The van der Waals surface area contributed by atoms with Gasteiger partial charge in [0.1, 0.15) is 0 Å². The van der Waals surface area contributed by atoms with E-state index in [1.54, 1.807) is 0 Å². The number of hydrogen-bond donors (Lipinski definition) is 1. The van der Waals surface area contributed by atoms with E-state index in [0.29, 0.717) is 13.0 Å². The van der Waals surface area contributed by atoms with Crippen LogP contribution in [0.5, 0.6) is 0 Å². The van der Waals surface area contributed by atoms with Crippen LogP contribution >= 0.6 is 0 Å². The van der Waals surface area contributed by atoms with E-state index in [0.717, 1.165) is 5.76 Å². The number of rotatable bonds is 2. The van der Waals surface area contributed by atoms with Gasteiger partial charge in [0, 0.05) is 13.0 Å². The smallest absolute Gasteiger partial charge is 0.407 e. The fourth-order valence-electron chi connectivity index (χ4n) is 2.13. The van der Waals surface area contributed by atoms with Crippen molar-refractivity contribution >= 4 is 14.4 Å². The van der Waals surface area contributed by atoms with E-state index >= 15 is 0 Å². The summed E-state index contributed by atoms with van der Waals surface area (Å²) in [7, 11) is -1.62. The first-order chi connectivity index (χ1) is 8.00. The highest BCUT2D eigenvalue weighted by Crippen LogP contribution is 2.31. The molecule has 1 N–H and O–H groups in total. The maximum absolute atomic E-state index is 11.3. The molecule has 0 saturated heterocycles. The van der Waals surface area contributed by atoms with Crippen molar-refractivity contribution in [1.29, 1.82) is 0 Å². The zero-order valence-corrected chi connectivity index (χ0v) is 13.3. The van der Waals surface area contributed by atoms with Gasteiger partial charge in [-0.05, 0) is 31.1 Å². The molecule has 0 saturated carbocycles. The van der Waals surface area contributed by atoms with Crippen molar-refractivity contribution in [2.75, 3.05) is 6.54 Å². The van der Waals surface area contributed by atoms with Crippen molar-refractivity contribution in [1.82, 2.24) is 4.90 Å². The minimum atomic E-state index is -1.62. The Kier molecular flexibility index (Phi) is 4.15. The molecule has 1 unspecified atom stereocenters. The molecule has 1 amide bonds. The molecule has 0 spiro atoms. The topological polar surface area (TPSA) is 49.8 Å². The molecular formula is C13H25NO3Si. The summed E-state index contributed by atoms with van der Waals surface area (Å²) in [5, 5.41) is 9.26. The Bertz CT molecular complexity index is 352. The molecule has 0 aromatic rings. The monoisotopic (exact) mass is 271 g/mol. The van der Waals surface area contributed by atoms with E-state index in [-0.39, 0.29) is 11.5 Å². The fraction of sp³-hybridized carbons (Fsp3) is 0.769. The first-order valence-corrected chi connectivity index (χ1v) is 9.81. The van der Waals surface area contributed by atoms with Crippen LogP contribution in [-0.2, 0) is 4.43 Å². The molecule has 0 radical (unpaired) electrons. The maximum Gasteiger partial charge on any atom is 0.407 e. The number of nitrogens with zero attached hydrogens (tertiary/aromatic N) is 1. The standard InChI is InChI=1S/C13H25NO3Si/c1-13(2,3)11-9-10(17-18(4,5)6)7-8-14(11)12(15)16/h9,11H,7-8H2,1-6H3,(H,15,16). The van der Waals surface area contributed by atoms with Gasteiger partial charge in [0.05, 0.1) is 11.8 Å². The molecule has 104 valence electrons. The van der Waals surface area contributed by atoms with Crippen molar-refractivity contribution in [2.45, 2.75) is 52.9 Å². The van der Waals surface area contributed by atoms with Crippen LogP contribution in [0.4, 0.5) is 4.79 Å². The largest absolute Gasteiger partial charge is 0.547 e. The molecule has 1 aliphatic heterocycles. The average molecular weight is 271 g/mol. The summed E-state index contributed by atoms with van der Waals surface area (Å²) < 4.78 is 6.01. The van der Waals surface area contributed by atoms with Crippen LogP contribution < -0.4 is 0 Å². The quantitative estimate of drug-likeness (QED) is 0.782. The van der Waals surface area contributed by atoms with Gasteiger partial charge in [0.25, 0.3) is 0 Å². The molecule has 0 aliphatic carbocycles. The van der Waals surface area contributed by atoms with Gasteiger partial charge in [-0.25, -0.2) is 4.79 Å². The molecule has 5 heteroatoms. The lowest BCUT2D eigenvalue weighted by Gasteiger charge is -2.40. The van der Waals surface area contributed by atoms with E-state index in [2.05, 4.69) is 40.4 Å². The summed E-state index contributed by atoms with van der Waals surface area (Å²) in [5.74, 6) is 0.964. The first-order valence-electron chi connectivity index (χ1n) is 6.40. The third-order valence-corrected chi connectivity index (χ3v) is 3.72. The Hall–Kier alpha value is -0.973. The fourth-order valence-corrected chi connectivity index (χ4v) is 3.09. The highest BCUT2D eigenvalue weighted by atomic mass is 28.4. The highest BCUT2D eigenvalue weighted by Gasteiger charge is 2.35. The molecule has 0 aromatic carbocycles. The second-order valence-electron chi connectivity index (χ2n) is 6.88. The Balaban J connectivity index is 2.96. The Morgan fingerprint density at radius 3 is 2.39 bits per heavy atom. The van der Waals surface area contributed by atoms with Gasteiger partial charge in [0.2, 0.25) is 8.32 Å². The van der Waals surface area contributed by atoms with E-state index in [1.807, 2.05) is 6.08 Å². The van der Waals surface area contributed by atoms with Crippen molar-refractivity contribution in [3.05, 3.63) is 11.8 Å². The van der Waals surface area contributed by atoms with Crippen LogP contribution in [-0.4, -0.2) is 37.0 Å². The maximum atomic E-state index is 11.3. The molecule has 1 aliphatic rings. The zero-order chi connectivity index (χ0) is 14.1. The molecular weight excluding hydrogens is 246 g/mol. The van der Waals surface area contributed by atoms with Crippen LogP contribution in [0.3, 0.4) is 0 Å². The van der Waals surface area contributed by atoms with Gasteiger partial charge in [-0.15, -0.1) is 0 Å². The van der Waals surface area contributed by atoms with E-state index in [4.69, 9.17) is 4.43 Å². The lowest BCUT2D eigenvalue weighted by atomic mass is 9.83. The van der Waals surface area contributed by atoms with Gasteiger partial charge in [-0.1, -0.05) is 20.8 Å². The molecule has 0 fully saturated rings. The molecule has 1 heterocycles. The average Bonchev–Trinajstić information content (AvgIpc) is 2.13. The normalized spacial score (nSPS) is 21.6. The van der Waals surface area contributed by atoms with Gasteiger partial charge < -0.3 is 14.4 Å². The number of amides is 1. The summed E-state index contributed by atoms with van der Waals surface area (Å²) >= 11 is 0. The van der Waals surface area contributed by atoms with Crippen LogP contribution in [0.25, 0.3) is 0 Å². The van der Waals surface area contributed by atoms with Crippen LogP contribution in [0, 0.1) is 5.41 Å². The SMILES string of the molecule is CC(C)(C)C1C=C(O[Si](C)(C)C)CCN1C(=O)O. The van der Waals surface area contributed by atoms with E-state index in [1.165, 1.54) is 4.90 Å². The van der Waals surface area contributed by atoms with Gasteiger partial charge in [-0.3, -0.25) is 0 Å². The zero-order valence-electron chi connectivity index (χ0n) is 12.3. The van der Waals surface area contributed by atoms with Crippen LogP contribution in [0.2, 0.25) is 19.6 Å². The second kappa shape index (κ2) is 4.95. The number of hydrogen-bond acceptors (Lipinski definition) is 2. The van der Waals surface area contributed by atoms with Gasteiger partial charge >= 0.3 is 6.09 Å². The summed E-state index contributed by atoms with van der Waals surface area (Å²) in [5.41, 5.74) is -0.118. The van der Waals surface area contributed by atoms with Crippen LogP contribution in [0.1, 0.15) is 27.2 Å². The summed E-state index contributed by atoms with van der Waals surface area (Å²) in [6, 6.07) is -0.116. The Morgan fingerprint density at radius 2 is 2.00 bits per heavy atom. The minimum absolute atomic E-state index is 0.116. The lowest BCUT2D eigenvalue weighted by Crippen LogP contribution is -2.49. The van der Waals surface area contributed by atoms with Gasteiger partial charge in [0.15, 0.2) is 0 Å². The molecule has 0 aromatic heterocycles.